The first kappa shape index (κ1) is 9.45. The molecular formula is C11H12N4. The summed E-state index contributed by atoms with van der Waals surface area (Å²) in [6, 6.07) is 5.57. The van der Waals surface area contributed by atoms with Crippen molar-refractivity contribution in [3.8, 4) is 0 Å². The molecule has 4 heteroatoms. The monoisotopic (exact) mass is 200 g/mol. The predicted molar refractivity (Wildman–Crippen MR) is 60.1 cm³/mol. The molecule has 0 aliphatic carbocycles. The number of nitrogens with zero attached hydrogens (tertiary/aromatic N) is 2. The van der Waals surface area contributed by atoms with E-state index < -0.39 is 0 Å². The fourth-order valence-corrected chi connectivity index (χ4v) is 1.37. The van der Waals surface area contributed by atoms with E-state index in [1.165, 1.54) is 0 Å². The van der Waals surface area contributed by atoms with Gasteiger partial charge < -0.3 is 11.5 Å². The van der Waals surface area contributed by atoms with Gasteiger partial charge in [-0.3, -0.25) is 9.97 Å². The third-order valence-electron chi connectivity index (χ3n) is 2.20. The molecule has 76 valence electrons. The Balaban J connectivity index is 2.29. The molecule has 0 radical (unpaired) electrons. The summed E-state index contributed by atoms with van der Waals surface area (Å²) in [7, 11) is 0. The second-order valence-corrected chi connectivity index (χ2v) is 3.30. The highest BCUT2D eigenvalue weighted by Gasteiger charge is 2.04. The molecule has 2 aromatic rings. The quantitative estimate of drug-likeness (QED) is 0.764. The number of nitrogen functional groups attached to an aromatic ring is 2. The molecule has 0 aliphatic heterocycles. The van der Waals surface area contributed by atoms with Gasteiger partial charge in [0.25, 0.3) is 0 Å². The number of hydrogen-bond donors (Lipinski definition) is 2. The van der Waals surface area contributed by atoms with Crippen LogP contribution in [0.4, 0.5) is 11.4 Å². The van der Waals surface area contributed by atoms with Gasteiger partial charge in [-0.2, -0.15) is 0 Å². The fourth-order valence-electron chi connectivity index (χ4n) is 1.37. The van der Waals surface area contributed by atoms with E-state index in [-0.39, 0.29) is 0 Å². The lowest BCUT2D eigenvalue weighted by Gasteiger charge is -2.06. The summed E-state index contributed by atoms with van der Waals surface area (Å²) in [5.41, 5.74) is 14.5. The van der Waals surface area contributed by atoms with E-state index in [1.807, 2.05) is 12.1 Å². The molecule has 2 aromatic heterocycles. The van der Waals surface area contributed by atoms with Crippen molar-refractivity contribution >= 4 is 11.4 Å². The zero-order valence-electron chi connectivity index (χ0n) is 8.22. The van der Waals surface area contributed by atoms with Crippen LogP contribution in [0.3, 0.4) is 0 Å². The van der Waals surface area contributed by atoms with Gasteiger partial charge in [0.15, 0.2) is 0 Å². The van der Waals surface area contributed by atoms with Gasteiger partial charge in [-0.05, 0) is 17.7 Å². The van der Waals surface area contributed by atoms with Crippen LogP contribution in [-0.4, -0.2) is 9.97 Å². The van der Waals surface area contributed by atoms with Crippen molar-refractivity contribution in [1.82, 2.24) is 9.97 Å². The van der Waals surface area contributed by atoms with E-state index >= 15 is 0 Å². The molecule has 4 nitrogen and oxygen atoms in total. The van der Waals surface area contributed by atoms with E-state index in [9.17, 15) is 0 Å². The van der Waals surface area contributed by atoms with Gasteiger partial charge in [0.1, 0.15) is 0 Å². The predicted octanol–water partition coefficient (Wildman–Crippen LogP) is 1.23. The molecule has 2 rings (SSSR count). The van der Waals surface area contributed by atoms with Crippen molar-refractivity contribution in [3.63, 3.8) is 0 Å². The molecule has 0 fully saturated rings. The number of hydrogen-bond acceptors (Lipinski definition) is 4. The lowest BCUT2D eigenvalue weighted by atomic mass is 10.1. The molecule has 2 heterocycles. The summed E-state index contributed by atoms with van der Waals surface area (Å²) < 4.78 is 0. The fraction of sp³-hybridized carbons (Fsp3) is 0.0909. The van der Waals surface area contributed by atoms with Crippen molar-refractivity contribution in [2.75, 3.05) is 11.5 Å². The molecule has 15 heavy (non-hydrogen) atoms. The second-order valence-electron chi connectivity index (χ2n) is 3.30. The summed E-state index contributed by atoms with van der Waals surface area (Å²) in [5, 5.41) is 0. The number of aromatic nitrogens is 2. The molecule has 0 spiro atoms. The maximum absolute atomic E-state index is 5.82. The maximum atomic E-state index is 5.82. The molecule has 0 aliphatic rings. The summed E-state index contributed by atoms with van der Waals surface area (Å²) >= 11 is 0. The van der Waals surface area contributed by atoms with E-state index in [0.29, 0.717) is 17.8 Å². The number of anilines is 2. The normalized spacial score (nSPS) is 10.1. The van der Waals surface area contributed by atoms with Gasteiger partial charge in [0.05, 0.1) is 17.1 Å². The summed E-state index contributed by atoms with van der Waals surface area (Å²) in [6.45, 7) is 0. The third-order valence-corrected chi connectivity index (χ3v) is 2.20. The Morgan fingerprint density at radius 1 is 1.13 bits per heavy atom. The minimum Gasteiger partial charge on any atom is -0.397 e. The van der Waals surface area contributed by atoms with Gasteiger partial charge in [-0.15, -0.1) is 0 Å². The summed E-state index contributed by atoms with van der Waals surface area (Å²) in [6.07, 6.45) is 5.85. The van der Waals surface area contributed by atoms with Crippen LogP contribution in [0.5, 0.6) is 0 Å². The Kier molecular flexibility index (Phi) is 2.49. The number of nitrogens with two attached hydrogens (primary N) is 2. The molecule has 0 saturated carbocycles. The zero-order valence-corrected chi connectivity index (χ0v) is 8.22. The summed E-state index contributed by atoms with van der Waals surface area (Å²) in [5.74, 6) is 0. The van der Waals surface area contributed by atoms with Crippen molar-refractivity contribution < 1.29 is 0 Å². The molecular weight excluding hydrogens is 188 g/mol. The third kappa shape index (κ3) is 2.04. The smallest absolute Gasteiger partial charge is 0.0770 e. The lowest BCUT2D eigenvalue weighted by Crippen LogP contribution is -2.03. The average Bonchev–Trinajstić information content (AvgIpc) is 2.26. The molecule has 0 amide bonds. The van der Waals surface area contributed by atoms with Gasteiger partial charge in [0.2, 0.25) is 0 Å². The second kappa shape index (κ2) is 3.96. The zero-order chi connectivity index (χ0) is 10.7. The van der Waals surface area contributed by atoms with Crippen LogP contribution in [0.1, 0.15) is 11.3 Å². The van der Waals surface area contributed by atoms with E-state index in [1.54, 1.807) is 24.7 Å². The van der Waals surface area contributed by atoms with Crippen LogP contribution >= 0.6 is 0 Å². The highest BCUT2D eigenvalue weighted by Crippen LogP contribution is 2.19. The van der Waals surface area contributed by atoms with Crippen molar-refractivity contribution in [2.24, 2.45) is 0 Å². The van der Waals surface area contributed by atoms with Crippen LogP contribution in [0, 0.1) is 0 Å². The van der Waals surface area contributed by atoms with E-state index in [4.69, 9.17) is 11.5 Å². The van der Waals surface area contributed by atoms with Crippen molar-refractivity contribution in [1.29, 1.82) is 0 Å². The van der Waals surface area contributed by atoms with Crippen LogP contribution in [-0.2, 0) is 6.42 Å². The van der Waals surface area contributed by atoms with Gasteiger partial charge in [-0.25, -0.2) is 0 Å². The largest absolute Gasteiger partial charge is 0.397 e. The number of rotatable bonds is 2. The Bertz CT molecular complexity index is 453. The standard InChI is InChI=1S/C11H12N4/c12-9-3-5-15-10(11(9)13)6-8-2-1-4-14-7-8/h1-5,7H,6,13H2,(H2,12,15). The first-order chi connectivity index (χ1) is 7.27. The SMILES string of the molecule is Nc1ccnc(Cc2cccnc2)c1N. The van der Waals surface area contributed by atoms with Gasteiger partial charge in [-0.1, -0.05) is 6.07 Å². The minimum atomic E-state index is 0.557. The van der Waals surface area contributed by atoms with Gasteiger partial charge >= 0.3 is 0 Å². The molecule has 4 N–H and O–H groups in total. The van der Waals surface area contributed by atoms with Gasteiger partial charge in [0, 0.05) is 25.0 Å². The van der Waals surface area contributed by atoms with E-state index in [2.05, 4.69) is 9.97 Å². The topological polar surface area (TPSA) is 77.8 Å². The average molecular weight is 200 g/mol. The highest BCUT2D eigenvalue weighted by molar-refractivity contribution is 5.65. The Morgan fingerprint density at radius 2 is 2.00 bits per heavy atom. The van der Waals surface area contributed by atoms with E-state index in [0.717, 1.165) is 11.3 Å². The van der Waals surface area contributed by atoms with Crippen LogP contribution in [0.25, 0.3) is 0 Å². The molecule has 0 saturated heterocycles. The maximum Gasteiger partial charge on any atom is 0.0770 e. The molecule has 0 atom stereocenters. The highest BCUT2D eigenvalue weighted by atomic mass is 14.8. The first-order valence-corrected chi connectivity index (χ1v) is 4.65. The first-order valence-electron chi connectivity index (χ1n) is 4.65. The minimum absolute atomic E-state index is 0.557. The Hall–Kier alpha value is -2.10. The van der Waals surface area contributed by atoms with Crippen LogP contribution in [0.15, 0.2) is 36.8 Å². The lowest BCUT2D eigenvalue weighted by molar-refractivity contribution is 1.06. The number of pyridine rings is 2. The van der Waals surface area contributed by atoms with Crippen molar-refractivity contribution in [3.05, 3.63) is 48.0 Å². The van der Waals surface area contributed by atoms with Crippen LogP contribution < -0.4 is 11.5 Å². The molecule has 0 bridgehead atoms. The van der Waals surface area contributed by atoms with Crippen LogP contribution in [0.2, 0.25) is 0 Å². The van der Waals surface area contributed by atoms with Crippen molar-refractivity contribution in [2.45, 2.75) is 6.42 Å². The molecule has 0 unspecified atom stereocenters. The summed E-state index contributed by atoms with van der Waals surface area (Å²) in [4.78, 5) is 8.23. The Morgan fingerprint density at radius 3 is 2.73 bits per heavy atom. The Labute approximate surface area is 88.0 Å². The molecule has 0 aromatic carbocycles.